The van der Waals surface area contributed by atoms with E-state index in [1.165, 1.54) is 4.88 Å². The molecule has 2 aromatic heterocycles. The summed E-state index contributed by atoms with van der Waals surface area (Å²) in [4.78, 5) is 12.7. The van der Waals surface area contributed by atoms with Gasteiger partial charge in [-0.05, 0) is 32.4 Å². The van der Waals surface area contributed by atoms with E-state index in [1.54, 1.807) is 11.3 Å². The summed E-state index contributed by atoms with van der Waals surface area (Å²) in [5, 5.41) is 0. The number of likely N-dealkylation sites (tertiary alicyclic amines) is 1. The summed E-state index contributed by atoms with van der Waals surface area (Å²) in [5.41, 5.74) is 5.12. The Morgan fingerprint density at radius 2 is 2.24 bits per heavy atom. The average molecular weight is 359 g/mol. The van der Waals surface area contributed by atoms with E-state index in [-0.39, 0.29) is 11.7 Å². The van der Waals surface area contributed by atoms with Crippen LogP contribution in [0.4, 0.5) is 0 Å². The molecule has 4 heterocycles. The first-order valence-electron chi connectivity index (χ1n) is 8.91. The van der Waals surface area contributed by atoms with Gasteiger partial charge in [-0.15, -0.1) is 11.3 Å². The van der Waals surface area contributed by atoms with Crippen LogP contribution in [0, 0.1) is 13.8 Å². The Kier molecular flexibility index (Phi) is 4.86. The molecule has 0 saturated carbocycles. The van der Waals surface area contributed by atoms with Crippen molar-refractivity contribution in [1.82, 2.24) is 14.9 Å². The van der Waals surface area contributed by atoms with Gasteiger partial charge in [0.25, 0.3) is 0 Å². The molecule has 4 rings (SSSR count). The maximum absolute atomic E-state index is 6.15. The van der Waals surface area contributed by atoms with E-state index in [9.17, 15) is 0 Å². The van der Waals surface area contributed by atoms with Crippen molar-refractivity contribution in [3.05, 3.63) is 45.7 Å². The van der Waals surface area contributed by atoms with Crippen LogP contribution >= 0.6 is 11.3 Å². The van der Waals surface area contributed by atoms with Crippen molar-refractivity contribution in [2.24, 2.45) is 0 Å². The Hall–Kier alpha value is -1.34. The van der Waals surface area contributed by atoms with Gasteiger partial charge in [0.2, 0.25) is 0 Å². The number of thiazole rings is 1. The Bertz CT molecular complexity index is 727. The molecule has 1 unspecified atom stereocenters. The zero-order chi connectivity index (χ0) is 17.3. The van der Waals surface area contributed by atoms with E-state index < -0.39 is 0 Å². The number of hydrogen-bond acceptors (Lipinski definition) is 6. The second-order valence-electron chi connectivity index (χ2n) is 7.23. The SMILES string of the molecule is Cc1cccc(COC2CCOC3(C2)CN(Cc2scnc2C)C3)n1. The summed E-state index contributed by atoms with van der Waals surface area (Å²) >= 11 is 1.74. The van der Waals surface area contributed by atoms with Gasteiger partial charge in [-0.1, -0.05) is 6.07 Å². The smallest absolute Gasteiger partial charge is 0.0959 e. The molecule has 5 nitrogen and oxygen atoms in total. The highest BCUT2D eigenvalue weighted by atomic mass is 32.1. The largest absolute Gasteiger partial charge is 0.372 e. The average Bonchev–Trinajstić information content (AvgIpc) is 2.97. The fourth-order valence-electron chi connectivity index (χ4n) is 3.79. The minimum atomic E-state index is -0.0124. The molecule has 1 atom stereocenters. The Morgan fingerprint density at radius 1 is 1.36 bits per heavy atom. The topological polar surface area (TPSA) is 47.5 Å². The highest BCUT2D eigenvalue weighted by Crippen LogP contribution is 2.36. The van der Waals surface area contributed by atoms with Gasteiger partial charge in [0.15, 0.2) is 0 Å². The zero-order valence-electron chi connectivity index (χ0n) is 14.9. The van der Waals surface area contributed by atoms with Crippen molar-refractivity contribution < 1.29 is 9.47 Å². The monoisotopic (exact) mass is 359 g/mol. The van der Waals surface area contributed by atoms with Gasteiger partial charge >= 0.3 is 0 Å². The first-order chi connectivity index (χ1) is 12.1. The van der Waals surface area contributed by atoms with Gasteiger partial charge in [0.1, 0.15) is 0 Å². The van der Waals surface area contributed by atoms with Crippen LogP contribution in [0.3, 0.4) is 0 Å². The number of pyridine rings is 1. The molecule has 1 spiro atoms. The summed E-state index contributed by atoms with van der Waals surface area (Å²) in [5.74, 6) is 0. The van der Waals surface area contributed by atoms with Crippen molar-refractivity contribution in [1.29, 1.82) is 0 Å². The standard InChI is InChI=1S/C19H25N3O2S/c1-14-4-3-5-16(21-14)10-23-17-6-7-24-19(8-17)11-22(12-19)9-18-15(2)20-13-25-18/h3-5,13,17H,6-12H2,1-2H3. The molecular weight excluding hydrogens is 334 g/mol. The highest BCUT2D eigenvalue weighted by Gasteiger charge is 2.47. The van der Waals surface area contributed by atoms with E-state index in [1.807, 2.05) is 30.6 Å². The Balaban J connectivity index is 1.28. The maximum Gasteiger partial charge on any atom is 0.0959 e. The summed E-state index contributed by atoms with van der Waals surface area (Å²) < 4.78 is 12.3. The zero-order valence-corrected chi connectivity index (χ0v) is 15.7. The third-order valence-electron chi connectivity index (χ3n) is 5.10. The van der Waals surface area contributed by atoms with Crippen molar-refractivity contribution in [2.45, 2.75) is 51.5 Å². The molecular formula is C19H25N3O2S. The number of hydrogen-bond donors (Lipinski definition) is 0. The number of aromatic nitrogens is 2. The first kappa shape index (κ1) is 17.1. The van der Waals surface area contributed by atoms with Crippen LogP contribution in [0.15, 0.2) is 23.7 Å². The lowest BCUT2D eigenvalue weighted by Crippen LogP contribution is -2.65. The second-order valence-corrected chi connectivity index (χ2v) is 8.17. The Labute approximate surface area is 153 Å². The van der Waals surface area contributed by atoms with Crippen LogP contribution in [-0.2, 0) is 22.6 Å². The van der Waals surface area contributed by atoms with Gasteiger partial charge in [-0.2, -0.15) is 0 Å². The van der Waals surface area contributed by atoms with Crippen molar-refractivity contribution in [3.63, 3.8) is 0 Å². The summed E-state index contributed by atoms with van der Waals surface area (Å²) in [6, 6.07) is 6.09. The van der Waals surface area contributed by atoms with Gasteiger partial charge < -0.3 is 9.47 Å². The van der Waals surface area contributed by atoms with Crippen LogP contribution < -0.4 is 0 Å². The molecule has 0 aromatic carbocycles. The van der Waals surface area contributed by atoms with Crippen LogP contribution in [0.1, 0.15) is 34.8 Å². The minimum absolute atomic E-state index is 0.0124. The van der Waals surface area contributed by atoms with E-state index in [0.717, 1.165) is 56.2 Å². The van der Waals surface area contributed by atoms with E-state index >= 15 is 0 Å². The molecule has 2 aliphatic heterocycles. The van der Waals surface area contributed by atoms with Gasteiger partial charge in [-0.25, -0.2) is 4.98 Å². The number of rotatable bonds is 5. The highest BCUT2D eigenvalue weighted by molar-refractivity contribution is 7.09. The molecule has 0 aliphatic carbocycles. The van der Waals surface area contributed by atoms with E-state index in [2.05, 4.69) is 21.8 Å². The predicted octanol–water partition coefficient (Wildman–Crippen LogP) is 3.11. The third-order valence-corrected chi connectivity index (χ3v) is 6.02. The molecule has 2 fully saturated rings. The van der Waals surface area contributed by atoms with Crippen molar-refractivity contribution in [3.8, 4) is 0 Å². The summed E-state index contributed by atoms with van der Waals surface area (Å²) in [6.45, 7) is 8.45. The lowest BCUT2D eigenvalue weighted by atomic mass is 9.84. The molecule has 2 saturated heterocycles. The van der Waals surface area contributed by atoms with Crippen LogP contribution in [-0.4, -0.2) is 46.3 Å². The quantitative estimate of drug-likeness (QED) is 0.821. The molecule has 6 heteroatoms. The molecule has 0 amide bonds. The summed E-state index contributed by atoms with van der Waals surface area (Å²) in [7, 11) is 0. The van der Waals surface area contributed by atoms with E-state index in [4.69, 9.17) is 9.47 Å². The first-order valence-corrected chi connectivity index (χ1v) is 9.79. The predicted molar refractivity (Wildman–Crippen MR) is 97.6 cm³/mol. The van der Waals surface area contributed by atoms with Crippen LogP contribution in [0.5, 0.6) is 0 Å². The molecule has 2 aromatic rings. The van der Waals surface area contributed by atoms with Crippen LogP contribution in [0.2, 0.25) is 0 Å². The molecule has 134 valence electrons. The lowest BCUT2D eigenvalue weighted by Gasteiger charge is -2.53. The van der Waals surface area contributed by atoms with Crippen LogP contribution in [0.25, 0.3) is 0 Å². The maximum atomic E-state index is 6.15. The number of aryl methyl sites for hydroxylation is 2. The molecule has 0 radical (unpaired) electrons. The second kappa shape index (κ2) is 7.11. The lowest BCUT2D eigenvalue weighted by molar-refractivity contribution is -0.200. The summed E-state index contributed by atoms with van der Waals surface area (Å²) in [6.07, 6.45) is 2.22. The van der Waals surface area contributed by atoms with Gasteiger partial charge in [-0.3, -0.25) is 9.88 Å². The van der Waals surface area contributed by atoms with Crippen molar-refractivity contribution in [2.75, 3.05) is 19.7 Å². The minimum Gasteiger partial charge on any atom is -0.372 e. The fraction of sp³-hybridized carbons (Fsp3) is 0.579. The number of ether oxygens (including phenoxy) is 2. The normalized spacial score (nSPS) is 22.9. The number of nitrogens with zero attached hydrogens (tertiary/aromatic N) is 3. The molecule has 2 aliphatic rings. The van der Waals surface area contributed by atoms with Gasteiger partial charge in [0, 0.05) is 43.2 Å². The molecule has 25 heavy (non-hydrogen) atoms. The van der Waals surface area contributed by atoms with Crippen molar-refractivity contribution >= 4 is 11.3 Å². The van der Waals surface area contributed by atoms with Gasteiger partial charge in [0.05, 0.1) is 35.2 Å². The molecule has 0 bridgehead atoms. The molecule has 0 N–H and O–H groups in total. The fourth-order valence-corrected chi connectivity index (χ4v) is 4.61. The Morgan fingerprint density at radius 3 is 3.00 bits per heavy atom. The van der Waals surface area contributed by atoms with E-state index in [0.29, 0.717) is 6.61 Å². The third kappa shape index (κ3) is 3.92.